The predicted octanol–water partition coefficient (Wildman–Crippen LogP) is 2.18. The zero-order valence-electron chi connectivity index (χ0n) is 9.28. The number of rotatable bonds is 4. The zero-order chi connectivity index (χ0) is 11.3. The monoisotopic (exact) mass is 232 g/mol. The van der Waals surface area contributed by atoms with Gasteiger partial charge in [-0.3, -0.25) is 9.00 Å². The van der Waals surface area contributed by atoms with Crippen molar-refractivity contribution in [2.24, 2.45) is 5.92 Å². The van der Waals surface area contributed by atoms with E-state index in [2.05, 4.69) is 0 Å². The van der Waals surface area contributed by atoms with Crippen molar-refractivity contribution in [1.82, 2.24) is 0 Å². The Kier molecular flexibility index (Phi) is 5.29. The molecule has 1 aliphatic carbocycles. The van der Waals surface area contributed by atoms with Gasteiger partial charge in [0.1, 0.15) is 0 Å². The van der Waals surface area contributed by atoms with E-state index in [1.54, 1.807) is 6.92 Å². The number of hydrogen-bond acceptors (Lipinski definition) is 2. The highest BCUT2D eigenvalue weighted by Crippen LogP contribution is 2.22. The highest BCUT2D eigenvalue weighted by atomic mass is 32.2. The maximum Gasteiger partial charge on any atom is 0.307 e. The quantitative estimate of drug-likeness (QED) is 0.756. The van der Waals surface area contributed by atoms with Crippen LogP contribution in [0.4, 0.5) is 0 Å². The average Bonchev–Trinajstić information content (AvgIpc) is 2.45. The molecule has 0 aliphatic heterocycles. The Morgan fingerprint density at radius 3 is 2.33 bits per heavy atom. The fourth-order valence-electron chi connectivity index (χ4n) is 1.96. The first-order valence-electron chi connectivity index (χ1n) is 5.71. The van der Waals surface area contributed by atoms with E-state index < -0.39 is 22.7 Å². The third kappa shape index (κ3) is 4.33. The molecule has 15 heavy (non-hydrogen) atoms. The van der Waals surface area contributed by atoms with Crippen molar-refractivity contribution in [3.63, 3.8) is 0 Å². The van der Waals surface area contributed by atoms with E-state index in [0.29, 0.717) is 5.75 Å². The van der Waals surface area contributed by atoms with Crippen LogP contribution >= 0.6 is 0 Å². The molecule has 1 rings (SSSR count). The minimum atomic E-state index is -0.949. The van der Waals surface area contributed by atoms with Gasteiger partial charge in [-0.1, -0.05) is 32.6 Å². The van der Waals surface area contributed by atoms with Crippen molar-refractivity contribution in [3.05, 3.63) is 0 Å². The van der Waals surface area contributed by atoms with Crippen molar-refractivity contribution < 1.29 is 14.1 Å². The van der Waals surface area contributed by atoms with E-state index in [9.17, 15) is 9.00 Å². The third-order valence-electron chi connectivity index (χ3n) is 3.01. The van der Waals surface area contributed by atoms with Gasteiger partial charge in [-0.05, 0) is 12.8 Å². The molecule has 1 fully saturated rings. The number of carbonyl (C=O) groups is 1. The van der Waals surface area contributed by atoms with Gasteiger partial charge in [0.15, 0.2) is 0 Å². The summed E-state index contributed by atoms with van der Waals surface area (Å²) in [6.07, 6.45) is 6.80. The standard InChI is InChI=1S/C11H20O3S/c1-9(11(12)13)8-15(14)10-6-4-2-3-5-7-10/h9-10H,2-8H2,1H3,(H,12,13). The van der Waals surface area contributed by atoms with Gasteiger partial charge in [0.25, 0.3) is 0 Å². The smallest absolute Gasteiger partial charge is 0.307 e. The molecule has 0 aromatic carbocycles. The average molecular weight is 232 g/mol. The van der Waals surface area contributed by atoms with Gasteiger partial charge in [-0.2, -0.15) is 0 Å². The molecule has 0 aromatic heterocycles. The molecule has 2 atom stereocenters. The molecular formula is C11H20O3S. The van der Waals surface area contributed by atoms with Gasteiger partial charge < -0.3 is 5.11 Å². The van der Waals surface area contributed by atoms with Crippen LogP contribution in [0.25, 0.3) is 0 Å². The van der Waals surface area contributed by atoms with Crippen molar-refractivity contribution in [2.45, 2.75) is 50.7 Å². The van der Waals surface area contributed by atoms with Gasteiger partial charge >= 0.3 is 5.97 Å². The first-order valence-corrected chi connectivity index (χ1v) is 7.09. The fourth-order valence-corrected chi connectivity index (χ4v) is 3.73. The van der Waals surface area contributed by atoms with Gasteiger partial charge in [0.05, 0.1) is 5.92 Å². The zero-order valence-corrected chi connectivity index (χ0v) is 10.1. The Bertz CT molecular complexity index is 232. The van der Waals surface area contributed by atoms with Crippen LogP contribution in [0.2, 0.25) is 0 Å². The molecule has 0 bridgehead atoms. The Morgan fingerprint density at radius 2 is 1.87 bits per heavy atom. The van der Waals surface area contributed by atoms with Crippen molar-refractivity contribution >= 4 is 16.8 Å². The molecule has 1 aliphatic rings. The van der Waals surface area contributed by atoms with E-state index >= 15 is 0 Å². The molecular weight excluding hydrogens is 212 g/mol. The molecule has 4 heteroatoms. The molecule has 0 radical (unpaired) electrons. The van der Waals surface area contributed by atoms with Crippen molar-refractivity contribution in [2.75, 3.05) is 5.75 Å². The van der Waals surface area contributed by atoms with Crippen LogP contribution in [0.1, 0.15) is 45.4 Å². The van der Waals surface area contributed by atoms with Gasteiger partial charge in [0, 0.05) is 21.8 Å². The van der Waals surface area contributed by atoms with E-state index in [4.69, 9.17) is 5.11 Å². The fraction of sp³-hybridized carbons (Fsp3) is 0.909. The summed E-state index contributed by atoms with van der Waals surface area (Å²) < 4.78 is 11.9. The summed E-state index contributed by atoms with van der Waals surface area (Å²) in [5, 5.41) is 9.00. The van der Waals surface area contributed by atoms with E-state index in [-0.39, 0.29) is 5.25 Å². The van der Waals surface area contributed by atoms with Crippen molar-refractivity contribution in [1.29, 1.82) is 0 Å². The summed E-state index contributed by atoms with van der Waals surface area (Å²) in [6.45, 7) is 1.64. The molecule has 0 aromatic rings. The van der Waals surface area contributed by atoms with E-state index in [0.717, 1.165) is 25.7 Å². The molecule has 2 unspecified atom stereocenters. The summed E-state index contributed by atoms with van der Waals surface area (Å²) in [4.78, 5) is 10.7. The maximum atomic E-state index is 11.9. The van der Waals surface area contributed by atoms with Crippen LogP contribution in [0.3, 0.4) is 0 Å². The highest BCUT2D eigenvalue weighted by molar-refractivity contribution is 7.85. The van der Waals surface area contributed by atoms with Crippen LogP contribution in [0.15, 0.2) is 0 Å². The number of carboxylic acids is 1. The van der Waals surface area contributed by atoms with Gasteiger partial charge in [0.2, 0.25) is 0 Å². The molecule has 0 spiro atoms. The first-order chi connectivity index (χ1) is 7.11. The van der Waals surface area contributed by atoms with E-state index in [1.165, 1.54) is 12.8 Å². The lowest BCUT2D eigenvalue weighted by Crippen LogP contribution is -2.24. The second-order valence-electron chi connectivity index (χ2n) is 4.40. The molecule has 88 valence electrons. The summed E-state index contributed by atoms with van der Waals surface area (Å²) in [5.74, 6) is -0.994. The summed E-state index contributed by atoms with van der Waals surface area (Å²) >= 11 is 0. The molecule has 3 nitrogen and oxygen atoms in total. The largest absolute Gasteiger partial charge is 0.481 e. The van der Waals surface area contributed by atoms with E-state index in [1.807, 2.05) is 0 Å². The summed E-state index contributed by atoms with van der Waals surface area (Å²) in [6, 6.07) is 0. The van der Waals surface area contributed by atoms with Gasteiger partial charge in [-0.15, -0.1) is 0 Å². The lowest BCUT2D eigenvalue weighted by atomic mass is 10.2. The Labute approximate surface area is 93.7 Å². The summed E-state index contributed by atoms with van der Waals surface area (Å²) in [5.41, 5.74) is 0. The second kappa shape index (κ2) is 6.26. The van der Waals surface area contributed by atoms with Crippen LogP contribution in [-0.2, 0) is 15.6 Å². The third-order valence-corrected chi connectivity index (χ3v) is 5.05. The minimum Gasteiger partial charge on any atom is -0.481 e. The molecule has 1 saturated carbocycles. The normalized spacial score (nSPS) is 23.0. The van der Waals surface area contributed by atoms with Crippen LogP contribution in [-0.4, -0.2) is 26.3 Å². The second-order valence-corrected chi connectivity index (χ2v) is 6.16. The molecule has 0 amide bonds. The van der Waals surface area contributed by atoms with Crippen LogP contribution in [0, 0.1) is 5.92 Å². The molecule has 0 saturated heterocycles. The highest BCUT2D eigenvalue weighted by Gasteiger charge is 2.22. The maximum absolute atomic E-state index is 11.9. The number of aliphatic carboxylic acids is 1. The number of hydrogen-bond donors (Lipinski definition) is 1. The Hall–Kier alpha value is -0.380. The SMILES string of the molecule is CC(CS(=O)C1CCCCCC1)C(=O)O. The summed E-state index contributed by atoms with van der Waals surface area (Å²) in [7, 11) is -0.949. The topological polar surface area (TPSA) is 54.4 Å². The van der Waals surface area contributed by atoms with Crippen LogP contribution in [0.5, 0.6) is 0 Å². The lowest BCUT2D eigenvalue weighted by Gasteiger charge is -2.15. The molecule has 1 N–H and O–H groups in total. The Morgan fingerprint density at radius 1 is 1.33 bits per heavy atom. The first kappa shape index (κ1) is 12.7. The molecule has 0 heterocycles. The van der Waals surface area contributed by atoms with Gasteiger partial charge in [-0.25, -0.2) is 0 Å². The minimum absolute atomic E-state index is 0.245. The number of carboxylic acid groups (broad SMARTS) is 1. The predicted molar refractivity (Wildman–Crippen MR) is 61.3 cm³/mol. The Balaban J connectivity index is 2.41. The van der Waals surface area contributed by atoms with Crippen LogP contribution < -0.4 is 0 Å². The van der Waals surface area contributed by atoms with Crippen molar-refractivity contribution in [3.8, 4) is 0 Å². The lowest BCUT2D eigenvalue weighted by molar-refractivity contribution is -0.140.